The largest absolute Gasteiger partial charge is 0.334 e. The SMILES string of the molecule is N#CCn1ccc2cc(C#N)ccc21. The number of nitriles is 2. The quantitative estimate of drug-likeness (QED) is 0.675. The molecule has 3 nitrogen and oxygen atoms in total. The smallest absolute Gasteiger partial charge is 0.110 e. The van der Waals surface area contributed by atoms with E-state index in [9.17, 15) is 0 Å². The van der Waals surface area contributed by atoms with E-state index < -0.39 is 0 Å². The highest BCUT2D eigenvalue weighted by molar-refractivity contribution is 5.81. The van der Waals surface area contributed by atoms with Gasteiger partial charge in [0.1, 0.15) is 6.54 Å². The van der Waals surface area contributed by atoms with Crippen LogP contribution >= 0.6 is 0 Å². The topological polar surface area (TPSA) is 52.5 Å². The predicted molar refractivity (Wildman–Crippen MR) is 52.3 cm³/mol. The van der Waals surface area contributed by atoms with Crippen molar-refractivity contribution in [1.29, 1.82) is 10.5 Å². The molecule has 1 aromatic heterocycles. The number of fused-ring (bicyclic) bond motifs is 1. The highest BCUT2D eigenvalue weighted by Gasteiger charge is 2.00. The van der Waals surface area contributed by atoms with Gasteiger partial charge >= 0.3 is 0 Å². The Labute approximate surface area is 81.4 Å². The Balaban J connectivity index is 2.62. The third-order valence-electron chi connectivity index (χ3n) is 2.14. The number of hydrogen-bond acceptors (Lipinski definition) is 2. The van der Waals surface area contributed by atoms with Gasteiger partial charge in [-0.3, -0.25) is 0 Å². The summed E-state index contributed by atoms with van der Waals surface area (Å²) < 4.78 is 1.86. The van der Waals surface area contributed by atoms with Gasteiger partial charge in [-0.15, -0.1) is 0 Å². The molecule has 0 atom stereocenters. The van der Waals surface area contributed by atoms with Crippen molar-refractivity contribution in [1.82, 2.24) is 4.57 Å². The minimum atomic E-state index is 0.343. The van der Waals surface area contributed by atoms with Crippen LogP contribution in [0, 0.1) is 22.7 Å². The number of rotatable bonds is 1. The van der Waals surface area contributed by atoms with Crippen LogP contribution in [-0.2, 0) is 6.54 Å². The summed E-state index contributed by atoms with van der Waals surface area (Å²) in [6.07, 6.45) is 1.86. The van der Waals surface area contributed by atoms with Gasteiger partial charge in [-0.25, -0.2) is 0 Å². The molecule has 0 unspecified atom stereocenters. The summed E-state index contributed by atoms with van der Waals surface area (Å²) >= 11 is 0. The van der Waals surface area contributed by atoms with Crippen LogP contribution < -0.4 is 0 Å². The lowest BCUT2D eigenvalue weighted by Gasteiger charge is -1.97. The van der Waals surface area contributed by atoms with Crippen LogP contribution in [0.4, 0.5) is 0 Å². The molecule has 0 fully saturated rings. The average Bonchev–Trinajstić information content (AvgIpc) is 2.61. The third kappa shape index (κ3) is 1.22. The van der Waals surface area contributed by atoms with Crippen LogP contribution in [-0.4, -0.2) is 4.57 Å². The van der Waals surface area contributed by atoms with Gasteiger partial charge in [0.05, 0.1) is 17.7 Å². The first kappa shape index (κ1) is 8.34. The van der Waals surface area contributed by atoms with Crippen molar-refractivity contribution in [3.05, 3.63) is 36.0 Å². The summed E-state index contributed by atoms with van der Waals surface area (Å²) in [4.78, 5) is 0. The van der Waals surface area contributed by atoms with E-state index in [1.165, 1.54) is 0 Å². The Kier molecular flexibility index (Phi) is 1.93. The van der Waals surface area contributed by atoms with E-state index in [2.05, 4.69) is 12.1 Å². The maximum atomic E-state index is 8.70. The van der Waals surface area contributed by atoms with Crippen LogP contribution in [0.25, 0.3) is 10.9 Å². The zero-order valence-electron chi connectivity index (χ0n) is 7.44. The summed E-state index contributed by atoms with van der Waals surface area (Å²) in [5.74, 6) is 0. The summed E-state index contributed by atoms with van der Waals surface area (Å²) in [5, 5.41) is 18.3. The summed E-state index contributed by atoms with van der Waals surface area (Å²) in [5.41, 5.74) is 1.64. The van der Waals surface area contributed by atoms with Crippen molar-refractivity contribution in [2.75, 3.05) is 0 Å². The molecule has 1 heterocycles. The van der Waals surface area contributed by atoms with Crippen LogP contribution in [0.15, 0.2) is 30.5 Å². The van der Waals surface area contributed by atoms with Crippen LogP contribution in [0.1, 0.15) is 5.56 Å². The Bertz CT molecular complexity index is 552. The molecule has 0 aliphatic carbocycles. The van der Waals surface area contributed by atoms with Crippen molar-refractivity contribution in [3.63, 3.8) is 0 Å². The van der Waals surface area contributed by atoms with Gasteiger partial charge in [-0.2, -0.15) is 10.5 Å². The molecule has 0 radical (unpaired) electrons. The van der Waals surface area contributed by atoms with E-state index >= 15 is 0 Å². The second-order valence-electron chi connectivity index (χ2n) is 2.99. The van der Waals surface area contributed by atoms with Crippen LogP contribution in [0.3, 0.4) is 0 Å². The normalized spacial score (nSPS) is 9.57. The molecule has 2 rings (SSSR count). The van der Waals surface area contributed by atoms with Crippen LogP contribution in [0.5, 0.6) is 0 Å². The zero-order valence-corrected chi connectivity index (χ0v) is 7.44. The van der Waals surface area contributed by atoms with Gasteiger partial charge in [0.2, 0.25) is 0 Å². The number of hydrogen-bond donors (Lipinski definition) is 0. The zero-order chi connectivity index (χ0) is 9.97. The fourth-order valence-corrected chi connectivity index (χ4v) is 1.48. The first-order valence-corrected chi connectivity index (χ1v) is 4.21. The van der Waals surface area contributed by atoms with Crippen molar-refractivity contribution >= 4 is 10.9 Å². The summed E-state index contributed by atoms with van der Waals surface area (Å²) in [6, 6.07) is 11.5. The molecule has 0 saturated heterocycles. The van der Waals surface area contributed by atoms with Gasteiger partial charge in [0.15, 0.2) is 0 Å². The van der Waals surface area contributed by atoms with Crippen molar-refractivity contribution < 1.29 is 0 Å². The molecule has 0 N–H and O–H groups in total. The van der Waals surface area contributed by atoms with E-state index in [0.29, 0.717) is 12.1 Å². The molecular weight excluding hydrogens is 174 g/mol. The van der Waals surface area contributed by atoms with E-state index in [1.54, 1.807) is 6.07 Å². The molecule has 3 heteroatoms. The second-order valence-corrected chi connectivity index (χ2v) is 2.99. The average molecular weight is 181 g/mol. The predicted octanol–water partition coefficient (Wildman–Crippen LogP) is 2.04. The Morgan fingerprint density at radius 3 is 2.79 bits per heavy atom. The third-order valence-corrected chi connectivity index (χ3v) is 2.14. The first-order valence-electron chi connectivity index (χ1n) is 4.21. The van der Waals surface area contributed by atoms with E-state index in [1.807, 2.05) is 29.0 Å². The van der Waals surface area contributed by atoms with Crippen molar-refractivity contribution in [2.24, 2.45) is 0 Å². The molecule has 1 aromatic carbocycles. The van der Waals surface area contributed by atoms with E-state index in [-0.39, 0.29) is 0 Å². The molecule has 2 aromatic rings. The lowest BCUT2D eigenvalue weighted by atomic mass is 10.2. The molecule has 0 amide bonds. The maximum absolute atomic E-state index is 8.70. The Morgan fingerprint density at radius 2 is 2.07 bits per heavy atom. The fraction of sp³-hybridized carbons (Fsp3) is 0.0909. The number of nitrogens with zero attached hydrogens (tertiary/aromatic N) is 3. The van der Waals surface area contributed by atoms with Crippen molar-refractivity contribution in [2.45, 2.75) is 6.54 Å². The summed E-state index contributed by atoms with van der Waals surface area (Å²) in [6.45, 7) is 0.343. The monoisotopic (exact) mass is 181 g/mol. The van der Waals surface area contributed by atoms with Gasteiger partial charge in [-0.05, 0) is 24.3 Å². The van der Waals surface area contributed by atoms with Crippen molar-refractivity contribution in [3.8, 4) is 12.1 Å². The molecule has 14 heavy (non-hydrogen) atoms. The Hall–Kier alpha value is -2.26. The summed E-state index contributed by atoms with van der Waals surface area (Å²) in [7, 11) is 0. The molecule has 66 valence electrons. The lowest BCUT2D eigenvalue weighted by Crippen LogP contribution is -1.91. The molecule has 0 spiro atoms. The maximum Gasteiger partial charge on any atom is 0.110 e. The molecular formula is C11H7N3. The fourth-order valence-electron chi connectivity index (χ4n) is 1.48. The van der Waals surface area contributed by atoms with E-state index in [4.69, 9.17) is 10.5 Å². The highest BCUT2D eigenvalue weighted by atomic mass is 14.9. The minimum absolute atomic E-state index is 0.343. The van der Waals surface area contributed by atoms with Gasteiger partial charge in [0.25, 0.3) is 0 Å². The van der Waals surface area contributed by atoms with Gasteiger partial charge < -0.3 is 4.57 Å². The van der Waals surface area contributed by atoms with Gasteiger partial charge in [0, 0.05) is 17.1 Å². The molecule has 0 bridgehead atoms. The standard InChI is InChI=1S/C11H7N3/c12-4-6-14-5-3-10-7-9(8-13)1-2-11(10)14/h1-3,5,7H,6H2. The first-order chi connectivity index (χ1) is 6.85. The molecule has 0 saturated carbocycles. The van der Waals surface area contributed by atoms with E-state index in [0.717, 1.165) is 10.9 Å². The Morgan fingerprint density at radius 1 is 1.21 bits per heavy atom. The lowest BCUT2D eigenvalue weighted by molar-refractivity contribution is 0.874. The minimum Gasteiger partial charge on any atom is -0.334 e. The second kappa shape index (κ2) is 3.24. The molecule has 0 aliphatic heterocycles. The number of aromatic nitrogens is 1. The van der Waals surface area contributed by atoms with Crippen LogP contribution in [0.2, 0.25) is 0 Å². The van der Waals surface area contributed by atoms with Gasteiger partial charge in [-0.1, -0.05) is 0 Å². The number of benzene rings is 1. The highest BCUT2D eigenvalue weighted by Crippen LogP contribution is 2.16. The molecule has 0 aliphatic rings.